The van der Waals surface area contributed by atoms with Gasteiger partial charge in [-0.25, -0.2) is 9.97 Å². The lowest BCUT2D eigenvalue weighted by atomic mass is 10.2. The Morgan fingerprint density at radius 3 is 2.50 bits per heavy atom. The van der Waals surface area contributed by atoms with E-state index < -0.39 is 0 Å². The van der Waals surface area contributed by atoms with Gasteiger partial charge in [-0.05, 0) is 12.8 Å². The van der Waals surface area contributed by atoms with Gasteiger partial charge in [0.1, 0.15) is 0 Å². The molecule has 1 amide bonds. The molecule has 1 aromatic heterocycles. The van der Waals surface area contributed by atoms with Crippen LogP contribution in [-0.4, -0.2) is 54.1 Å². The van der Waals surface area contributed by atoms with Gasteiger partial charge in [-0.3, -0.25) is 4.79 Å². The summed E-state index contributed by atoms with van der Waals surface area (Å²) in [6.07, 6.45) is 7.78. The molecule has 2 heterocycles. The number of hydrogen-bond donors (Lipinski definition) is 1. The number of hydrogen-bond acceptors (Lipinski definition) is 5. The Morgan fingerprint density at radius 2 is 1.90 bits per heavy atom. The molecular formula is C14H22N4O2. The van der Waals surface area contributed by atoms with Crippen molar-refractivity contribution in [3.05, 3.63) is 18.0 Å². The Hall–Kier alpha value is -1.69. The Kier molecular flexibility index (Phi) is 5.73. The Bertz CT molecular complexity index is 414. The topological polar surface area (TPSA) is 67.3 Å². The molecule has 110 valence electrons. The molecule has 2 rings (SSSR count). The van der Waals surface area contributed by atoms with E-state index in [1.807, 2.05) is 4.90 Å². The van der Waals surface area contributed by atoms with Gasteiger partial charge in [-0.15, -0.1) is 0 Å². The zero-order valence-electron chi connectivity index (χ0n) is 12.0. The predicted octanol–water partition coefficient (Wildman–Crippen LogP) is 1.55. The molecule has 6 heteroatoms. The zero-order valence-corrected chi connectivity index (χ0v) is 12.0. The quantitative estimate of drug-likeness (QED) is 0.828. The molecule has 1 aromatic rings. The van der Waals surface area contributed by atoms with E-state index >= 15 is 0 Å². The van der Waals surface area contributed by atoms with Gasteiger partial charge in [0.05, 0.1) is 12.2 Å². The monoisotopic (exact) mass is 278 g/mol. The fourth-order valence-electron chi connectivity index (χ4n) is 2.25. The largest absolute Gasteiger partial charge is 0.383 e. The Labute approximate surface area is 119 Å². The average molecular weight is 278 g/mol. The summed E-state index contributed by atoms with van der Waals surface area (Å²) in [7, 11) is 1.64. The summed E-state index contributed by atoms with van der Waals surface area (Å²) in [5.41, 5.74) is 0.559. The van der Waals surface area contributed by atoms with Gasteiger partial charge in [-0.1, -0.05) is 12.8 Å². The summed E-state index contributed by atoms with van der Waals surface area (Å²) in [5.74, 6) is 0.560. The number of carbonyl (C=O) groups excluding carboxylic acids is 1. The van der Waals surface area contributed by atoms with Crippen LogP contribution in [0.5, 0.6) is 0 Å². The van der Waals surface area contributed by atoms with Crippen molar-refractivity contribution < 1.29 is 9.53 Å². The van der Waals surface area contributed by atoms with Crippen LogP contribution in [0, 0.1) is 0 Å². The van der Waals surface area contributed by atoms with Crippen molar-refractivity contribution in [1.29, 1.82) is 0 Å². The first-order chi connectivity index (χ1) is 9.81. The number of aromatic nitrogens is 2. The molecule has 1 saturated heterocycles. The van der Waals surface area contributed by atoms with Crippen LogP contribution in [0.3, 0.4) is 0 Å². The van der Waals surface area contributed by atoms with E-state index in [0.717, 1.165) is 25.9 Å². The van der Waals surface area contributed by atoms with Crippen LogP contribution in [0.1, 0.15) is 36.0 Å². The van der Waals surface area contributed by atoms with Crippen LogP contribution in [-0.2, 0) is 4.74 Å². The third-order valence-electron chi connectivity index (χ3n) is 3.38. The molecule has 1 N–H and O–H groups in total. The van der Waals surface area contributed by atoms with E-state index in [4.69, 9.17) is 4.74 Å². The van der Waals surface area contributed by atoms with Crippen molar-refractivity contribution in [2.75, 3.05) is 38.7 Å². The number of anilines is 1. The zero-order chi connectivity index (χ0) is 14.2. The number of methoxy groups -OCH3 is 1. The fraction of sp³-hybridized carbons (Fsp3) is 0.643. The van der Waals surface area contributed by atoms with Crippen molar-refractivity contribution in [2.24, 2.45) is 0 Å². The molecule has 0 unspecified atom stereocenters. The summed E-state index contributed by atoms with van der Waals surface area (Å²) in [4.78, 5) is 22.6. The van der Waals surface area contributed by atoms with Crippen LogP contribution >= 0.6 is 0 Å². The maximum Gasteiger partial charge on any atom is 0.256 e. The first-order valence-corrected chi connectivity index (χ1v) is 7.15. The lowest BCUT2D eigenvalue weighted by Gasteiger charge is -2.19. The predicted molar refractivity (Wildman–Crippen MR) is 76.8 cm³/mol. The van der Waals surface area contributed by atoms with Crippen LogP contribution < -0.4 is 5.32 Å². The molecule has 0 bridgehead atoms. The molecule has 0 aromatic carbocycles. The van der Waals surface area contributed by atoms with Crippen molar-refractivity contribution in [3.63, 3.8) is 0 Å². The number of amides is 1. The average Bonchev–Trinajstić information content (AvgIpc) is 2.77. The lowest BCUT2D eigenvalue weighted by molar-refractivity contribution is 0.0761. The summed E-state index contributed by atoms with van der Waals surface area (Å²) in [6.45, 7) is 2.92. The minimum absolute atomic E-state index is 0.0374. The third kappa shape index (κ3) is 4.16. The van der Waals surface area contributed by atoms with E-state index in [1.165, 1.54) is 12.8 Å². The molecule has 0 atom stereocenters. The van der Waals surface area contributed by atoms with Gasteiger partial charge in [0.15, 0.2) is 0 Å². The molecule has 0 aliphatic carbocycles. The maximum atomic E-state index is 12.3. The minimum Gasteiger partial charge on any atom is -0.383 e. The van der Waals surface area contributed by atoms with Crippen molar-refractivity contribution in [1.82, 2.24) is 14.9 Å². The molecule has 20 heavy (non-hydrogen) atoms. The highest BCUT2D eigenvalue weighted by molar-refractivity contribution is 5.93. The molecule has 1 fully saturated rings. The molecule has 0 spiro atoms. The summed E-state index contributed by atoms with van der Waals surface area (Å²) >= 11 is 0. The number of rotatable bonds is 5. The number of ether oxygens (including phenoxy) is 1. The SMILES string of the molecule is COCCNc1ncc(C(=O)N2CCCCCC2)cn1. The van der Waals surface area contributed by atoms with E-state index in [9.17, 15) is 4.79 Å². The normalized spacial score (nSPS) is 15.8. The van der Waals surface area contributed by atoms with Gasteiger partial charge < -0.3 is 15.0 Å². The fourth-order valence-corrected chi connectivity index (χ4v) is 2.25. The highest BCUT2D eigenvalue weighted by Crippen LogP contribution is 2.13. The minimum atomic E-state index is 0.0374. The molecule has 0 radical (unpaired) electrons. The van der Waals surface area contributed by atoms with Gasteiger partial charge in [0.25, 0.3) is 5.91 Å². The van der Waals surface area contributed by atoms with Crippen LogP contribution in [0.15, 0.2) is 12.4 Å². The molecule has 1 aliphatic heterocycles. The summed E-state index contributed by atoms with van der Waals surface area (Å²) in [6, 6.07) is 0. The number of carbonyl (C=O) groups is 1. The molecule has 6 nitrogen and oxygen atoms in total. The van der Waals surface area contributed by atoms with Crippen molar-refractivity contribution >= 4 is 11.9 Å². The summed E-state index contributed by atoms with van der Waals surface area (Å²) in [5, 5.41) is 3.03. The first kappa shape index (κ1) is 14.7. The Balaban J connectivity index is 1.92. The highest BCUT2D eigenvalue weighted by Gasteiger charge is 2.17. The standard InChI is InChI=1S/C14H22N4O2/c1-20-9-6-15-14-16-10-12(11-17-14)13(19)18-7-4-2-3-5-8-18/h10-11H,2-9H2,1H3,(H,15,16,17). The maximum absolute atomic E-state index is 12.3. The van der Waals surface area contributed by atoms with Crippen LogP contribution in [0.25, 0.3) is 0 Å². The third-order valence-corrected chi connectivity index (χ3v) is 3.38. The van der Waals surface area contributed by atoms with Gasteiger partial charge in [-0.2, -0.15) is 0 Å². The van der Waals surface area contributed by atoms with Gasteiger partial charge in [0, 0.05) is 39.1 Å². The van der Waals surface area contributed by atoms with E-state index in [1.54, 1.807) is 19.5 Å². The second kappa shape index (κ2) is 7.79. The lowest BCUT2D eigenvalue weighted by Crippen LogP contribution is -2.32. The molecule has 1 aliphatic rings. The van der Waals surface area contributed by atoms with Gasteiger partial charge >= 0.3 is 0 Å². The first-order valence-electron chi connectivity index (χ1n) is 7.15. The number of nitrogens with zero attached hydrogens (tertiary/aromatic N) is 3. The smallest absolute Gasteiger partial charge is 0.256 e. The highest BCUT2D eigenvalue weighted by atomic mass is 16.5. The second-order valence-corrected chi connectivity index (χ2v) is 4.92. The van der Waals surface area contributed by atoms with E-state index in [0.29, 0.717) is 24.7 Å². The number of likely N-dealkylation sites (tertiary alicyclic amines) is 1. The number of nitrogens with one attached hydrogen (secondary N) is 1. The van der Waals surface area contributed by atoms with Gasteiger partial charge in [0.2, 0.25) is 5.95 Å². The van der Waals surface area contributed by atoms with Crippen molar-refractivity contribution in [2.45, 2.75) is 25.7 Å². The van der Waals surface area contributed by atoms with E-state index in [2.05, 4.69) is 15.3 Å². The van der Waals surface area contributed by atoms with Crippen molar-refractivity contribution in [3.8, 4) is 0 Å². The molecular weight excluding hydrogens is 256 g/mol. The molecule has 0 saturated carbocycles. The van der Waals surface area contributed by atoms with Crippen LogP contribution in [0.4, 0.5) is 5.95 Å². The van der Waals surface area contributed by atoms with E-state index in [-0.39, 0.29) is 5.91 Å². The van der Waals surface area contributed by atoms with Crippen LogP contribution in [0.2, 0.25) is 0 Å². The summed E-state index contributed by atoms with van der Waals surface area (Å²) < 4.78 is 4.94. The Morgan fingerprint density at radius 1 is 1.25 bits per heavy atom. The second-order valence-electron chi connectivity index (χ2n) is 4.92.